The molecule has 0 aromatic heterocycles. The van der Waals surface area contributed by atoms with E-state index in [1.807, 2.05) is 60.7 Å². The lowest BCUT2D eigenvalue weighted by molar-refractivity contribution is 0.209. The maximum Gasteiger partial charge on any atom is 0.261 e. The van der Waals surface area contributed by atoms with E-state index in [1.54, 1.807) is 0 Å². The van der Waals surface area contributed by atoms with Crippen LogP contribution in [0.5, 0.6) is 0 Å². The molecule has 0 heterocycles. The van der Waals surface area contributed by atoms with Gasteiger partial charge in [0.15, 0.2) is 0 Å². The smallest absolute Gasteiger partial charge is 0.261 e. The van der Waals surface area contributed by atoms with Gasteiger partial charge in [-0.05, 0) is 62.4 Å². The molecule has 0 spiro atoms. The molecule has 1 unspecified atom stereocenters. The Morgan fingerprint density at radius 3 is 2.04 bits per heavy atom. The van der Waals surface area contributed by atoms with E-state index < -0.39 is 7.37 Å². The minimum absolute atomic E-state index is 0.151. The Morgan fingerprint density at radius 2 is 1.56 bits per heavy atom. The summed E-state index contributed by atoms with van der Waals surface area (Å²) >= 11 is 0. The molecular formula is C22H25O2P. The zero-order chi connectivity index (χ0) is 17.9. The second kappa shape index (κ2) is 7.56. The first-order chi connectivity index (χ1) is 12.0. The monoisotopic (exact) mass is 352 g/mol. The number of hydrogen-bond donors (Lipinski definition) is 0. The topological polar surface area (TPSA) is 26.3 Å². The molecule has 0 aliphatic heterocycles. The van der Waals surface area contributed by atoms with Crippen molar-refractivity contribution in [2.75, 3.05) is 0 Å². The van der Waals surface area contributed by atoms with Gasteiger partial charge in [-0.15, -0.1) is 0 Å². The van der Waals surface area contributed by atoms with Crippen LogP contribution in [0.1, 0.15) is 26.7 Å². The van der Waals surface area contributed by atoms with Crippen LogP contribution >= 0.6 is 7.37 Å². The molecule has 2 nitrogen and oxygen atoms in total. The molecule has 2 aromatic rings. The number of allylic oxidation sites excluding steroid dienone is 2. The van der Waals surface area contributed by atoms with Crippen LogP contribution in [-0.4, -0.2) is 6.10 Å². The first-order valence-electron chi connectivity index (χ1n) is 8.72. The molecule has 0 radical (unpaired) electrons. The molecule has 0 saturated carbocycles. The molecule has 0 fully saturated rings. The van der Waals surface area contributed by atoms with Crippen molar-refractivity contribution in [2.45, 2.75) is 32.8 Å². The van der Waals surface area contributed by atoms with Crippen molar-refractivity contribution in [3.05, 3.63) is 84.5 Å². The number of rotatable bonds is 5. The average molecular weight is 352 g/mol. The lowest BCUT2D eigenvalue weighted by Gasteiger charge is -2.32. The molecule has 0 saturated heterocycles. The highest BCUT2D eigenvalue weighted by molar-refractivity contribution is 7.74. The van der Waals surface area contributed by atoms with E-state index in [1.165, 1.54) is 0 Å². The molecule has 25 heavy (non-hydrogen) atoms. The molecule has 1 aliphatic rings. The summed E-state index contributed by atoms with van der Waals surface area (Å²) in [5, 5.41) is 1.48. The summed E-state index contributed by atoms with van der Waals surface area (Å²) < 4.78 is 20.4. The zero-order valence-electron chi connectivity index (χ0n) is 14.9. The van der Waals surface area contributed by atoms with Gasteiger partial charge < -0.3 is 4.52 Å². The van der Waals surface area contributed by atoms with Crippen LogP contribution in [0.4, 0.5) is 0 Å². The lowest BCUT2D eigenvalue weighted by Crippen LogP contribution is -2.27. The minimum atomic E-state index is -3.16. The van der Waals surface area contributed by atoms with E-state index in [4.69, 9.17) is 4.52 Å². The van der Waals surface area contributed by atoms with Crippen LogP contribution in [0.25, 0.3) is 0 Å². The second-order valence-electron chi connectivity index (χ2n) is 6.78. The van der Waals surface area contributed by atoms with Crippen LogP contribution in [0, 0.1) is 5.92 Å². The van der Waals surface area contributed by atoms with E-state index in [-0.39, 0.29) is 6.10 Å². The predicted octanol–water partition coefficient (Wildman–Crippen LogP) is 5.23. The predicted molar refractivity (Wildman–Crippen MR) is 106 cm³/mol. The van der Waals surface area contributed by atoms with Crippen molar-refractivity contribution in [3.63, 3.8) is 0 Å². The standard InChI is InChI=1S/C22H25O2P/c1-17(2)19-15-14-18(3)22(16-19)24-25(23,20-10-6-4-7-11-20)21-12-8-5-9-13-21/h4-14,19,22H,1,15-16H2,2-3H3/t19-,22?/m1/s1. The summed E-state index contributed by atoms with van der Waals surface area (Å²) in [5.41, 5.74) is 2.32. The first-order valence-corrected chi connectivity index (χ1v) is 10.3. The average Bonchev–Trinajstić information content (AvgIpc) is 2.64. The Kier molecular flexibility index (Phi) is 5.42. The van der Waals surface area contributed by atoms with Crippen LogP contribution in [0.2, 0.25) is 0 Å². The van der Waals surface area contributed by atoms with Gasteiger partial charge in [-0.1, -0.05) is 54.6 Å². The Labute approximate surface area is 150 Å². The van der Waals surface area contributed by atoms with E-state index in [0.29, 0.717) is 5.92 Å². The third kappa shape index (κ3) is 3.86. The van der Waals surface area contributed by atoms with Gasteiger partial charge in [0.1, 0.15) is 0 Å². The maximum atomic E-state index is 14.0. The first kappa shape index (κ1) is 17.9. The Bertz CT molecular complexity index is 765. The summed E-state index contributed by atoms with van der Waals surface area (Å²) in [6.45, 7) is 8.23. The fraction of sp³-hybridized carbons (Fsp3) is 0.273. The van der Waals surface area contributed by atoms with E-state index in [2.05, 4.69) is 26.5 Å². The molecule has 0 bridgehead atoms. The van der Waals surface area contributed by atoms with Gasteiger partial charge in [0.2, 0.25) is 0 Å². The third-order valence-electron chi connectivity index (χ3n) is 4.90. The molecule has 1 aliphatic carbocycles. The number of hydrogen-bond acceptors (Lipinski definition) is 2. The van der Waals surface area contributed by atoms with Crippen molar-refractivity contribution in [1.82, 2.24) is 0 Å². The Hall–Kier alpha value is -1.89. The lowest BCUT2D eigenvalue weighted by atomic mass is 9.84. The van der Waals surface area contributed by atoms with Crippen LogP contribution in [0.15, 0.2) is 84.5 Å². The van der Waals surface area contributed by atoms with Gasteiger partial charge in [-0.25, -0.2) is 0 Å². The molecule has 3 rings (SSSR count). The van der Waals surface area contributed by atoms with Crippen molar-refractivity contribution >= 4 is 18.0 Å². The Morgan fingerprint density at radius 1 is 1.04 bits per heavy atom. The van der Waals surface area contributed by atoms with E-state index >= 15 is 0 Å². The molecule has 0 amide bonds. The molecule has 2 atom stereocenters. The highest BCUT2D eigenvalue weighted by Crippen LogP contribution is 2.48. The highest BCUT2D eigenvalue weighted by Gasteiger charge is 2.34. The summed E-state index contributed by atoms with van der Waals surface area (Å²) in [6, 6.07) is 19.1. The SMILES string of the molecule is C=C(C)[C@@H]1CC=C(C)C(OP(=O)(c2ccccc2)c2ccccc2)C1. The second-order valence-corrected chi connectivity index (χ2v) is 9.13. The molecule has 3 heteroatoms. The maximum absolute atomic E-state index is 14.0. The third-order valence-corrected chi connectivity index (χ3v) is 7.40. The zero-order valence-corrected chi connectivity index (χ0v) is 15.8. The molecule has 130 valence electrons. The van der Waals surface area contributed by atoms with E-state index in [0.717, 1.165) is 34.6 Å². The van der Waals surface area contributed by atoms with Crippen LogP contribution in [0.3, 0.4) is 0 Å². The van der Waals surface area contributed by atoms with Gasteiger partial charge in [0.05, 0.1) is 6.10 Å². The summed E-state index contributed by atoms with van der Waals surface area (Å²) in [7, 11) is -3.16. The van der Waals surface area contributed by atoms with Gasteiger partial charge in [-0.2, -0.15) is 0 Å². The summed E-state index contributed by atoms with van der Waals surface area (Å²) in [6.07, 6.45) is 3.87. The van der Waals surface area contributed by atoms with Crippen molar-refractivity contribution in [3.8, 4) is 0 Å². The molecular weight excluding hydrogens is 327 g/mol. The fourth-order valence-corrected chi connectivity index (χ4v) is 5.51. The minimum Gasteiger partial charge on any atom is -0.314 e. The van der Waals surface area contributed by atoms with Crippen LogP contribution < -0.4 is 10.6 Å². The van der Waals surface area contributed by atoms with Gasteiger partial charge in [0, 0.05) is 10.6 Å². The summed E-state index contributed by atoms with van der Waals surface area (Å²) in [4.78, 5) is 0. The van der Waals surface area contributed by atoms with Crippen LogP contribution in [-0.2, 0) is 9.09 Å². The van der Waals surface area contributed by atoms with Crippen molar-refractivity contribution in [1.29, 1.82) is 0 Å². The summed E-state index contributed by atoms with van der Waals surface area (Å²) in [5.74, 6) is 0.383. The molecule has 0 N–H and O–H groups in total. The van der Waals surface area contributed by atoms with Gasteiger partial charge in [0.25, 0.3) is 7.37 Å². The van der Waals surface area contributed by atoms with E-state index in [9.17, 15) is 4.57 Å². The quantitative estimate of drug-likeness (QED) is 0.544. The Balaban J connectivity index is 1.99. The van der Waals surface area contributed by atoms with Crippen molar-refractivity contribution in [2.24, 2.45) is 5.92 Å². The number of benzene rings is 2. The fourth-order valence-electron chi connectivity index (χ4n) is 3.23. The van der Waals surface area contributed by atoms with Gasteiger partial charge in [-0.3, -0.25) is 4.57 Å². The van der Waals surface area contributed by atoms with Crippen molar-refractivity contribution < 1.29 is 9.09 Å². The molecule has 2 aromatic carbocycles. The largest absolute Gasteiger partial charge is 0.314 e. The van der Waals surface area contributed by atoms with Gasteiger partial charge >= 0.3 is 0 Å². The normalized spacial score (nSPS) is 20.8. The highest BCUT2D eigenvalue weighted by atomic mass is 31.2.